The van der Waals surface area contributed by atoms with Gasteiger partial charge >= 0.3 is 0 Å². The summed E-state index contributed by atoms with van der Waals surface area (Å²) >= 11 is 0. The Labute approximate surface area is 331 Å². The molecule has 270 valence electrons. The summed E-state index contributed by atoms with van der Waals surface area (Å²) < 4.78 is 13.0. The van der Waals surface area contributed by atoms with Gasteiger partial charge in [-0.3, -0.25) is 0 Å². The zero-order valence-corrected chi connectivity index (χ0v) is 30.9. The second-order valence-corrected chi connectivity index (χ2v) is 14.6. The van der Waals surface area contributed by atoms with E-state index in [9.17, 15) is 0 Å². The molecule has 0 atom stereocenters. The van der Waals surface area contributed by atoms with Crippen LogP contribution in [-0.2, 0) is 0 Å². The summed E-state index contributed by atoms with van der Waals surface area (Å²) in [4.78, 5) is 20.3. The maximum Gasteiger partial charge on any atom is 0.227 e. The molecule has 0 aliphatic carbocycles. The van der Waals surface area contributed by atoms with E-state index < -0.39 is 0 Å². The third-order valence-corrected chi connectivity index (χ3v) is 11.2. The van der Waals surface area contributed by atoms with Gasteiger partial charge in [0.15, 0.2) is 23.1 Å². The Morgan fingerprint density at radius 3 is 1.78 bits per heavy atom. The van der Waals surface area contributed by atoms with Gasteiger partial charge in [0.2, 0.25) is 5.89 Å². The van der Waals surface area contributed by atoms with Crippen LogP contribution >= 0.6 is 0 Å². The van der Waals surface area contributed by atoms with Crippen molar-refractivity contribution >= 4 is 65.4 Å². The molecule has 12 aromatic rings. The molecule has 0 aliphatic rings. The first-order valence-electron chi connectivity index (χ1n) is 19.3. The largest absolute Gasteiger partial charge is 0.456 e. The fourth-order valence-corrected chi connectivity index (χ4v) is 8.43. The summed E-state index contributed by atoms with van der Waals surface area (Å²) in [5, 5.41) is 8.77. The number of hydrogen-bond donors (Lipinski definition) is 0. The highest BCUT2D eigenvalue weighted by molar-refractivity contribution is 6.25. The number of fused-ring (bicyclic) bond motifs is 10. The molecule has 0 radical (unpaired) electrons. The maximum absolute atomic E-state index is 6.74. The van der Waals surface area contributed by atoms with Gasteiger partial charge < -0.3 is 8.83 Å². The quantitative estimate of drug-likeness (QED) is 0.163. The van der Waals surface area contributed by atoms with Crippen molar-refractivity contribution in [1.82, 2.24) is 19.9 Å². The van der Waals surface area contributed by atoms with Crippen molar-refractivity contribution in [2.75, 3.05) is 0 Å². The highest BCUT2D eigenvalue weighted by atomic mass is 16.3. The standard InChI is InChI=1S/C52H30N4O2/c1-2-12-33(13-3-1)49-54-50(56-51(55-49)42-30-35-14-4-5-16-37(35)38-17-7-8-18-39(38)42)34-24-22-31(23-25-34)36-15-6-9-19-40(36)52-53-43-28-26-32-27-29-45-47(46(32)48(43)58-52)41-20-10-11-21-44(41)57-45/h1-30H. The van der Waals surface area contributed by atoms with Crippen LogP contribution in [0.15, 0.2) is 191 Å². The van der Waals surface area contributed by atoms with Crippen LogP contribution in [0.1, 0.15) is 0 Å². The number of rotatable bonds is 5. The summed E-state index contributed by atoms with van der Waals surface area (Å²) in [7, 11) is 0. The minimum atomic E-state index is 0.559. The normalized spacial score (nSPS) is 11.8. The molecule has 6 nitrogen and oxygen atoms in total. The molecule has 12 rings (SSSR count). The Balaban J connectivity index is 0.978. The molecular weight excluding hydrogens is 713 g/mol. The highest BCUT2D eigenvalue weighted by Crippen LogP contribution is 2.41. The molecule has 0 amide bonds. The summed E-state index contributed by atoms with van der Waals surface area (Å²) in [6.45, 7) is 0. The second kappa shape index (κ2) is 12.8. The molecule has 0 saturated heterocycles. The van der Waals surface area contributed by atoms with Gasteiger partial charge in [0.05, 0.1) is 0 Å². The van der Waals surface area contributed by atoms with Crippen LogP contribution in [0.5, 0.6) is 0 Å². The third-order valence-electron chi connectivity index (χ3n) is 11.2. The summed E-state index contributed by atoms with van der Waals surface area (Å²) in [6.07, 6.45) is 0. The van der Waals surface area contributed by atoms with Crippen molar-refractivity contribution < 1.29 is 8.83 Å². The van der Waals surface area contributed by atoms with E-state index in [2.05, 4.69) is 109 Å². The topological polar surface area (TPSA) is 77.8 Å². The van der Waals surface area contributed by atoms with Gasteiger partial charge in [0, 0.05) is 38.4 Å². The van der Waals surface area contributed by atoms with Crippen LogP contribution in [0.25, 0.3) is 122 Å². The van der Waals surface area contributed by atoms with E-state index in [0.717, 1.165) is 93.4 Å². The molecule has 3 heterocycles. The van der Waals surface area contributed by atoms with E-state index in [4.69, 9.17) is 28.8 Å². The molecular formula is C52H30N4O2. The fraction of sp³-hybridized carbons (Fsp3) is 0. The van der Waals surface area contributed by atoms with E-state index in [1.807, 2.05) is 72.8 Å². The van der Waals surface area contributed by atoms with Gasteiger partial charge in [-0.05, 0) is 68.4 Å². The molecule has 3 aromatic heterocycles. The van der Waals surface area contributed by atoms with Gasteiger partial charge in [0.1, 0.15) is 16.7 Å². The van der Waals surface area contributed by atoms with Gasteiger partial charge in [-0.15, -0.1) is 0 Å². The lowest BCUT2D eigenvalue weighted by atomic mass is 9.96. The molecule has 0 N–H and O–H groups in total. The molecule has 9 aromatic carbocycles. The van der Waals surface area contributed by atoms with Crippen LogP contribution in [0, 0.1) is 0 Å². The van der Waals surface area contributed by atoms with Crippen molar-refractivity contribution in [3.8, 4) is 56.7 Å². The van der Waals surface area contributed by atoms with Crippen LogP contribution in [0.3, 0.4) is 0 Å². The lowest BCUT2D eigenvalue weighted by Crippen LogP contribution is -2.00. The zero-order chi connectivity index (χ0) is 38.2. The first-order valence-corrected chi connectivity index (χ1v) is 19.3. The molecule has 6 heteroatoms. The smallest absolute Gasteiger partial charge is 0.227 e. The first kappa shape index (κ1) is 32.3. The fourth-order valence-electron chi connectivity index (χ4n) is 8.43. The summed E-state index contributed by atoms with van der Waals surface area (Å²) in [5.74, 6) is 2.41. The Kier molecular flexibility index (Phi) is 7.13. The minimum absolute atomic E-state index is 0.559. The molecule has 0 fully saturated rings. The average molecular weight is 743 g/mol. The third kappa shape index (κ3) is 5.12. The maximum atomic E-state index is 6.74. The van der Waals surface area contributed by atoms with Gasteiger partial charge in [-0.25, -0.2) is 19.9 Å². The SMILES string of the molecule is c1ccc(-c2nc(-c3ccc(-c4ccccc4-c4nc5ccc6ccc7oc8ccccc8c7c6c5o4)cc3)nc(-c3cc4ccccc4c4ccccc34)n2)cc1. The minimum Gasteiger partial charge on any atom is -0.456 e. The predicted molar refractivity (Wildman–Crippen MR) is 234 cm³/mol. The Bertz CT molecular complexity index is 3570. The number of furan rings is 1. The Hall–Kier alpha value is -7.96. The van der Waals surface area contributed by atoms with Crippen LogP contribution < -0.4 is 0 Å². The number of para-hydroxylation sites is 1. The van der Waals surface area contributed by atoms with E-state index >= 15 is 0 Å². The number of benzene rings is 9. The number of hydrogen-bond acceptors (Lipinski definition) is 6. The van der Waals surface area contributed by atoms with Crippen molar-refractivity contribution in [3.63, 3.8) is 0 Å². The predicted octanol–water partition coefficient (Wildman–Crippen LogP) is 13.7. The van der Waals surface area contributed by atoms with Crippen molar-refractivity contribution in [2.45, 2.75) is 0 Å². The lowest BCUT2D eigenvalue weighted by molar-refractivity contribution is 0.623. The monoisotopic (exact) mass is 742 g/mol. The van der Waals surface area contributed by atoms with Crippen molar-refractivity contribution in [1.29, 1.82) is 0 Å². The van der Waals surface area contributed by atoms with Gasteiger partial charge in [-0.2, -0.15) is 0 Å². The van der Waals surface area contributed by atoms with Crippen molar-refractivity contribution in [3.05, 3.63) is 182 Å². The van der Waals surface area contributed by atoms with Crippen LogP contribution in [-0.4, -0.2) is 19.9 Å². The molecule has 0 aliphatic heterocycles. The Morgan fingerprint density at radius 1 is 0.328 bits per heavy atom. The van der Waals surface area contributed by atoms with E-state index in [1.165, 1.54) is 5.39 Å². The second-order valence-electron chi connectivity index (χ2n) is 14.6. The van der Waals surface area contributed by atoms with Gasteiger partial charge in [0.25, 0.3) is 0 Å². The average Bonchev–Trinajstić information content (AvgIpc) is 3.91. The molecule has 0 saturated carbocycles. The molecule has 0 unspecified atom stereocenters. The molecule has 0 spiro atoms. The zero-order valence-electron chi connectivity index (χ0n) is 30.9. The summed E-state index contributed by atoms with van der Waals surface area (Å²) in [6, 6.07) is 62.3. The Morgan fingerprint density at radius 2 is 0.948 bits per heavy atom. The van der Waals surface area contributed by atoms with Crippen LogP contribution in [0.2, 0.25) is 0 Å². The van der Waals surface area contributed by atoms with E-state index in [1.54, 1.807) is 0 Å². The number of aromatic nitrogens is 4. The molecule has 58 heavy (non-hydrogen) atoms. The highest BCUT2D eigenvalue weighted by Gasteiger charge is 2.20. The van der Waals surface area contributed by atoms with Crippen LogP contribution in [0.4, 0.5) is 0 Å². The first-order chi connectivity index (χ1) is 28.7. The van der Waals surface area contributed by atoms with E-state index in [-0.39, 0.29) is 0 Å². The number of oxazole rings is 1. The van der Waals surface area contributed by atoms with Crippen molar-refractivity contribution in [2.24, 2.45) is 0 Å². The van der Waals surface area contributed by atoms with E-state index in [0.29, 0.717) is 23.4 Å². The summed E-state index contributed by atoms with van der Waals surface area (Å²) in [5.41, 5.74) is 8.93. The number of nitrogens with zero attached hydrogens (tertiary/aromatic N) is 4. The van der Waals surface area contributed by atoms with Gasteiger partial charge in [-0.1, -0.05) is 152 Å². The molecule has 0 bridgehead atoms. The lowest BCUT2D eigenvalue weighted by Gasteiger charge is -2.13.